The summed E-state index contributed by atoms with van der Waals surface area (Å²) < 4.78 is 5.07. The van der Waals surface area contributed by atoms with Crippen molar-refractivity contribution in [1.82, 2.24) is 16.0 Å². The molecule has 0 aromatic heterocycles. The molecule has 0 fully saturated rings. The molecule has 0 saturated carbocycles. The van der Waals surface area contributed by atoms with Crippen LogP contribution >= 0.6 is 0 Å². The van der Waals surface area contributed by atoms with Crippen LogP contribution in [-0.4, -0.2) is 48.1 Å². The summed E-state index contributed by atoms with van der Waals surface area (Å²) in [4.78, 5) is 59.7. The van der Waals surface area contributed by atoms with E-state index in [2.05, 4.69) is 16.0 Å². The molecule has 0 radical (unpaired) electrons. The van der Waals surface area contributed by atoms with E-state index in [-0.39, 0.29) is 19.3 Å². The number of hydrogen-bond donors (Lipinski definition) is 3. The first-order valence-electron chi connectivity index (χ1n) is 10.4. The number of hydrogen-bond acceptors (Lipinski definition) is 6. The number of carbonyl (C=O) groups excluding carboxylic acids is 5. The average Bonchev–Trinajstić information content (AvgIpc) is 2.82. The van der Waals surface area contributed by atoms with Gasteiger partial charge in [0.1, 0.15) is 18.7 Å². The van der Waals surface area contributed by atoms with Crippen LogP contribution in [0.25, 0.3) is 0 Å². The van der Waals surface area contributed by atoms with Gasteiger partial charge in [-0.1, -0.05) is 60.7 Å². The summed E-state index contributed by atoms with van der Waals surface area (Å²) in [5, 5.41) is 7.35. The quantitative estimate of drug-likeness (QED) is 0.347. The highest BCUT2D eigenvalue weighted by molar-refractivity contribution is 6.28. The first-order chi connectivity index (χ1) is 15.8. The minimum atomic E-state index is -1.06. The van der Waals surface area contributed by atoms with Crippen molar-refractivity contribution >= 4 is 30.0 Å². The third kappa shape index (κ3) is 8.56. The normalized spacial score (nSPS) is 13.0. The second-order valence-corrected chi connectivity index (χ2v) is 7.43. The topological polar surface area (TPSA) is 131 Å². The summed E-state index contributed by atoms with van der Waals surface area (Å²) in [5.74, 6) is -2.03. The van der Waals surface area contributed by atoms with Crippen molar-refractivity contribution in [1.29, 1.82) is 0 Å². The highest BCUT2D eigenvalue weighted by atomic mass is 16.5. The van der Waals surface area contributed by atoms with Crippen molar-refractivity contribution in [2.45, 2.75) is 45.0 Å². The van der Waals surface area contributed by atoms with E-state index in [0.29, 0.717) is 0 Å². The first-order valence-corrected chi connectivity index (χ1v) is 10.4. The monoisotopic (exact) mass is 453 g/mol. The maximum atomic E-state index is 12.5. The summed E-state index contributed by atoms with van der Waals surface area (Å²) >= 11 is 0. The molecule has 3 amide bonds. The summed E-state index contributed by atoms with van der Waals surface area (Å²) in [6, 6.07) is 14.9. The zero-order valence-electron chi connectivity index (χ0n) is 18.4. The SMILES string of the molecule is C[C@H](NC(=O)OCc1ccccc1)C(=O)N[C@@H](C)C(=O)N[C@@H](Cc1ccccc1)C(=O)C=O. The number of ketones is 1. The van der Waals surface area contributed by atoms with Crippen LogP contribution in [0, 0.1) is 0 Å². The van der Waals surface area contributed by atoms with E-state index >= 15 is 0 Å². The molecule has 174 valence electrons. The molecule has 2 rings (SSSR count). The Morgan fingerprint density at radius 2 is 1.30 bits per heavy atom. The van der Waals surface area contributed by atoms with Crippen LogP contribution < -0.4 is 16.0 Å². The van der Waals surface area contributed by atoms with Crippen LogP contribution in [0.3, 0.4) is 0 Å². The fourth-order valence-corrected chi connectivity index (χ4v) is 2.86. The molecular weight excluding hydrogens is 426 g/mol. The third-order valence-electron chi connectivity index (χ3n) is 4.75. The lowest BCUT2D eigenvalue weighted by atomic mass is 10.0. The molecule has 0 saturated heterocycles. The number of ether oxygens (including phenoxy) is 1. The van der Waals surface area contributed by atoms with E-state index in [1.807, 2.05) is 24.3 Å². The summed E-state index contributed by atoms with van der Waals surface area (Å²) in [6.45, 7) is 2.92. The van der Waals surface area contributed by atoms with Crippen molar-refractivity contribution in [3.8, 4) is 0 Å². The van der Waals surface area contributed by atoms with Crippen LogP contribution in [0.4, 0.5) is 4.79 Å². The Morgan fingerprint density at radius 1 is 0.788 bits per heavy atom. The summed E-state index contributed by atoms with van der Waals surface area (Å²) in [5.41, 5.74) is 1.56. The maximum Gasteiger partial charge on any atom is 0.408 e. The molecule has 3 N–H and O–H groups in total. The van der Waals surface area contributed by atoms with Crippen molar-refractivity contribution in [2.75, 3.05) is 0 Å². The Labute approximate surface area is 191 Å². The number of carbonyl (C=O) groups is 5. The van der Waals surface area contributed by atoms with Crippen molar-refractivity contribution < 1.29 is 28.7 Å². The molecule has 2 aromatic rings. The maximum absolute atomic E-state index is 12.5. The fourth-order valence-electron chi connectivity index (χ4n) is 2.86. The molecule has 0 heterocycles. The highest BCUT2D eigenvalue weighted by Crippen LogP contribution is 2.04. The van der Waals surface area contributed by atoms with Crippen molar-refractivity contribution in [2.24, 2.45) is 0 Å². The Balaban J connectivity index is 1.84. The summed E-state index contributed by atoms with van der Waals surface area (Å²) in [7, 11) is 0. The van der Waals surface area contributed by atoms with E-state index in [0.717, 1.165) is 11.1 Å². The summed E-state index contributed by atoms with van der Waals surface area (Å²) in [6.07, 6.45) is -0.488. The Kier molecular flexibility index (Phi) is 9.76. The molecule has 3 atom stereocenters. The first kappa shape index (κ1) is 25.3. The predicted octanol–water partition coefficient (Wildman–Crippen LogP) is 1.30. The van der Waals surface area contributed by atoms with E-state index in [9.17, 15) is 24.0 Å². The molecule has 9 nitrogen and oxygen atoms in total. The van der Waals surface area contributed by atoms with E-state index in [1.54, 1.807) is 36.4 Å². The molecular formula is C24H27N3O6. The van der Waals surface area contributed by atoms with Gasteiger partial charge < -0.3 is 20.7 Å². The molecule has 0 bridgehead atoms. The average molecular weight is 453 g/mol. The predicted molar refractivity (Wildman–Crippen MR) is 120 cm³/mol. The zero-order valence-corrected chi connectivity index (χ0v) is 18.4. The van der Waals surface area contributed by atoms with Crippen LogP contribution in [0.5, 0.6) is 0 Å². The van der Waals surface area contributed by atoms with Gasteiger partial charge in [0.05, 0.1) is 6.04 Å². The second kappa shape index (κ2) is 12.7. The lowest BCUT2D eigenvalue weighted by Gasteiger charge is -2.21. The Morgan fingerprint density at radius 3 is 1.88 bits per heavy atom. The number of rotatable bonds is 11. The Hall–Kier alpha value is -4.01. The van der Waals surface area contributed by atoms with E-state index in [4.69, 9.17) is 4.74 Å². The van der Waals surface area contributed by atoms with Gasteiger partial charge in [-0.15, -0.1) is 0 Å². The van der Waals surface area contributed by atoms with Gasteiger partial charge in [-0.05, 0) is 25.0 Å². The van der Waals surface area contributed by atoms with Crippen LogP contribution in [0.1, 0.15) is 25.0 Å². The minimum Gasteiger partial charge on any atom is -0.445 e. The number of Topliss-reactive ketones (excluding diaryl/α,β-unsaturated/α-hetero) is 1. The number of alkyl carbamates (subject to hydrolysis) is 1. The third-order valence-corrected chi connectivity index (χ3v) is 4.75. The standard InChI is InChI=1S/C24H27N3O6/c1-16(23(31)27-20(21(29)14-28)13-18-9-5-3-6-10-18)25-22(30)17(2)26-24(32)33-15-19-11-7-4-8-12-19/h3-12,14,16-17,20H,13,15H2,1-2H3,(H,25,30)(H,26,32)(H,27,31)/t16-,17-,20-/m0/s1. The number of nitrogens with one attached hydrogen (secondary N) is 3. The molecule has 0 aliphatic carbocycles. The van der Waals surface area contributed by atoms with E-state index < -0.39 is 41.8 Å². The highest BCUT2D eigenvalue weighted by Gasteiger charge is 2.26. The van der Waals surface area contributed by atoms with Gasteiger partial charge in [0, 0.05) is 6.42 Å². The van der Waals surface area contributed by atoms with Gasteiger partial charge in [0.2, 0.25) is 17.6 Å². The minimum absolute atomic E-state index is 0.0490. The van der Waals surface area contributed by atoms with Crippen LogP contribution in [-0.2, 0) is 36.9 Å². The van der Waals surface area contributed by atoms with Crippen molar-refractivity contribution in [3.63, 3.8) is 0 Å². The lowest BCUT2D eigenvalue weighted by Crippen LogP contribution is -2.54. The van der Waals surface area contributed by atoms with Crippen LogP contribution in [0.2, 0.25) is 0 Å². The lowest BCUT2D eigenvalue weighted by molar-refractivity contribution is -0.134. The Bertz CT molecular complexity index is 965. The van der Waals surface area contributed by atoms with Gasteiger partial charge in [-0.2, -0.15) is 0 Å². The molecule has 0 aliphatic rings. The molecule has 33 heavy (non-hydrogen) atoms. The van der Waals surface area contributed by atoms with Gasteiger partial charge >= 0.3 is 6.09 Å². The largest absolute Gasteiger partial charge is 0.445 e. The molecule has 9 heteroatoms. The van der Waals surface area contributed by atoms with E-state index in [1.165, 1.54) is 13.8 Å². The number of benzene rings is 2. The van der Waals surface area contributed by atoms with Crippen molar-refractivity contribution in [3.05, 3.63) is 71.8 Å². The fraction of sp³-hybridized carbons (Fsp3) is 0.292. The second-order valence-electron chi connectivity index (χ2n) is 7.43. The molecule has 2 aromatic carbocycles. The zero-order chi connectivity index (χ0) is 24.2. The van der Waals surface area contributed by atoms with Crippen LogP contribution in [0.15, 0.2) is 60.7 Å². The van der Waals surface area contributed by atoms with Gasteiger partial charge in [-0.3, -0.25) is 19.2 Å². The molecule has 0 spiro atoms. The smallest absolute Gasteiger partial charge is 0.408 e. The van der Waals surface area contributed by atoms with Gasteiger partial charge in [0.15, 0.2) is 6.29 Å². The molecule has 0 aliphatic heterocycles. The number of amides is 3. The van der Waals surface area contributed by atoms with Gasteiger partial charge in [0.25, 0.3) is 0 Å². The van der Waals surface area contributed by atoms with Gasteiger partial charge in [-0.25, -0.2) is 4.79 Å². The number of aldehydes is 1. The molecule has 0 unspecified atom stereocenters.